The Morgan fingerprint density at radius 3 is 2.55 bits per heavy atom. The van der Waals surface area contributed by atoms with E-state index in [1.54, 1.807) is 0 Å². The van der Waals surface area contributed by atoms with Gasteiger partial charge >= 0.3 is 93.8 Å². The summed E-state index contributed by atoms with van der Waals surface area (Å²) in [5.74, 6) is -0.210. The molecule has 1 aromatic rings. The Hall–Kier alpha value is 0.178. The van der Waals surface area contributed by atoms with Gasteiger partial charge in [-0.25, -0.2) is 0 Å². The molecule has 0 saturated carbocycles. The molecule has 0 saturated heterocycles. The fourth-order valence-electron chi connectivity index (χ4n) is 0.593. The molecule has 52 valence electrons. The molecule has 5 heteroatoms. The van der Waals surface area contributed by atoms with Crippen LogP contribution >= 0.6 is 0 Å². The van der Waals surface area contributed by atoms with Crippen LogP contribution in [0.5, 0.6) is 5.75 Å². The molecule has 11 heavy (non-hydrogen) atoms. The molecule has 0 amide bonds. The van der Waals surface area contributed by atoms with Crippen molar-refractivity contribution in [1.82, 2.24) is 0 Å². The van der Waals surface area contributed by atoms with Crippen LogP contribution in [0.4, 0.5) is 5.69 Å². The maximum atomic E-state index is 10.7. The number of benzene rings is 1. The number of nitrogen functional groups attached to an aromatic ring is 1. The van der Waals surface area contributed by atoms with Crippen molar-refractivity contribution in [2.75, 3.05) is 5.73 Å². The average Bonchev–Trinajstić information content (AvgIpc) is 1.95. The minimum Gasteiger partial charge on any atom is 1.00 e. The van der Waals surface area contributed by atoms with Gasteiger partial charge in [-0.1, -0.05) is 0 Å². The molecule has 0 fully saturated rings. The number of hydrogen-bond donors (Lipinski definition) is 1. The second-order valence-corrected chi connectivity index (χ2v) is 3.28. The van der Waals surface area contributed by atoms with Crippen molar-refractivity contribution in [1.29, 1.82) is 0 Å². The molecule has 1 aromatic carbocycles. The van der Waals surface area contributed by atoms with Crippen molar-refractivity contribution >= 4 is 25.7 Å². The van der Waals surface area contributed by atoms with E-state index in [2.05, 4.69) is 0 Å². The van der Waals surface area contributed by atoms with Crippen molar-refractivity contribution < 1.29 is 38.4 Å². The SMILES string of the molecule is Nc1cc([As]=O)ccc1[O-].[Na+]. The normalized spacial score (nSPS) is 9.09. The summed E-state index contributed by atoms with van der Waals surface area (Å²) in [6.07, 6.45) is 0. The van der Waals surface area contributed by atoms with E-state index in [-0.39, 0.29) is 41.0 Å². The van der Waals surface area contributed by atoms with E-state index in [1.807, 2.05) is 0 Å². The Bertz CT molecular complexity index is 267. The van der Waals surface area contributed by atoms with Gasteiger partial charge < -0.3 is 0 Å². The fraction of sp³-hybridized carbons (Fsp3) is 0. The molecule has 1 rings (SSSR count). The molecular formula is C6H5AsNNaO2. The minimum absolute atomic E-state index is 0. The maximum absolute atomic E-state index is 10.7. The summed E-state index contributed by atoms with van der Waals surface area (Å²) in [5, 5.41) is 10.7. The minimum atomic E-state index is -1.06. The zero-order chi connectivity index (χ0) is 7.56. The first-order valence-corrected chi connectivity index (χ1v) is 4.34. The Morgan fingerprint density at radius 2 is 2.09 bits per heavy atom. The van der Waals surface area contributed by atoms with Crippen LogP contribution in [0.15, 0.2) is 18.2 Å². The van der Waals surface area contributed by atoms with E-state index in [1.165, 1.54) is 18.2 Å². The van der Waals surface area contributed by atoms with Gasteiger partial charge in [-0.05, 0) is 0 Å². The van der Waals surface area contributed by atoms with Crippen molar-refractivity contribution in [2.45, 2.75) is 0 Å². The Morgan fingerprint density at radius 1 is 1.45 bits per heavy atom. The second-order valence-electron chi connectivity index (χ2n) is 1.81. The molecular weight excluding hydrogens is 216 g/mol. The van der Waals surface area contributed by atoms with E-state index in [0.717, 1.165) is 0 Å². The van der Waals surface area contributed by atoms with Crippen molar-refractivity contribution in [2.24, 2.45) is 0 Å². The third kappa shape index (κ3) is 2.96. The Kier molecular flexibility index (Phi) is 5.02. The molecule has 0 radical (unpaired) electrons. The molecule has 0 aromatic heterocycles. The number of hydrogen-bond acceptors (Lipinski definition) is 3. The standard InChI is InChI=1S/C6H6AsNO2.Na/c8-5-3-4(7-10)1-2-6(5)9;/h1-3,9H,8H2;/q;+1/p-1. The third-order valence-corrected chi connectivity index (χ3v) is 2.12. The fourth-order valence-corrected chi connectivity index (χ4v) is 1.28. The number of nitrogens with two attached hydrogens (primary N) is 1. The molecule has 3 nitrogen and oxygen atoms in total. The first-order chi connectivity index (χ1) is 4.74. The zero-order valence-electron chi connectivity index (χ0n) is 6.07. The monoisotopic (exact) mass is 221 g/mol. The van der Waals surface area contributed by atoms with Crippen LogP contribution in [-0.2, 0) is 3.74 Å². The van der Waals surface area contributed by atoms with Crippen LogP contribution in [0.3, 0.4) is 0 Å². The molecule has 0 aliphatic rings. The first-order valence-electron chi connectivity index (χ1n) is 2.64. The predicted octanol–water partition coefficient (Wildman–Crippen LogP) is -3.98. The van der Waals surface area contributed by atoms with E-state index < -0.39 is 15.7 Å². The number of anilines is 1. The van der Waals surface area contributed by atoms with Gasteiger partial charge in [0.25, 0.3) is 0 Å². The molecule has 0 aliphatic heterocycles. The van der Waals surface area contributed by atoms with Gasteiger partial charge in [0.1, 0.15) is 0 Å². The Balaban J connectivity index is 0.000001000. The summed E-state index contributed by atoms with van der Waals surface area (Å²) in [4.78, 5) is 0. The second kappa shape index (κ2) is 4.94. The Labute approximate surface area is 93.2 Å². The summed E-state index contributed by atoms with van der Waals surface area (Å²) >= 11 is -1.06. The third-order valence-electron chi connectivity index (χ3n) is 1.10. The predicted molar refractivity (Wildman–Crippen MR) is 36.4 cm³/mol. The molecule has 2 N–H and O–H groups in total. The average molecular weight is 221 g/mol. The van der Waals surface area contributed by atoms with Crippen LogP contribution < -0.4 is 44.7 Å². The molecule has 0 heterocycles. The van der Waals surface area contributed by atoms with E-state index in [0.29, 0.717) is 4.35 Å². The van der Waals surface area contributed by atoms with Gasteiger partial charge in [-0.2, -0.15) is 0 Å². The van der Waals surface area contributed by atoms with Crippen LogP contribution in [0, 0.1) is 0 Å². The van der Waals surface area contributed by atoms with Gasteiger partial charge in [-0.15, -0.1) is 0 Å². The molecule has 0 aliphatic carbocycles. The van der Waals surface area contributed by atoms with Crippen LogP contribution in [0.2, 0.25) is 0 Å². The summed E-state index contributed by atoms with van der Waals surface area (Å²) < 4.78 is 11.0. The molecule has 0 bridgehead atoms. The van der Waals surface area contributed by atoms with Crippen molar-refractivity contribution in [3.8, 4) is 5.75 Å². The van der Waals surface area contributed by atoms with Gasteiger partial charge in [0, 0.05) is 0 Å². The summed E-state index contributed by atoms with van der Waals surface area (Å²) in [6.45, 7) is 0. The summed E-state index contributed by atoms with van der Waals surface area (Å²) in [5.41, 5.74) is 5.43. The largest absolute Gasteiger partial charge is 1.00 e. The van der Waals surface area contributed by atoms with Gasteiger partial charge in [0.15, 0.2) is 0 Å². The molecule has 0 unspecified atom stereocenters. The smallest absolute Gasteiger partial charge is 1.00 e. The topological polar surface area (TPSA) is 66.2 Å². The molecule has 0 spiro atoms. The van der Waals surface area contributed by atoms with Crippen LogP contribution in [-0.4, -0.2) is 15.7 Å². The quantitative estimate of drug-likeness (QED) is 0.388. The molecule has 0 atom stereocenters. The number of rotatable bonds is 1. The summed E-state index contributed by atoms with van der Waals surface area (Å²) in [7, 11) is 0. The van der Waals surface area contributed by atoms with E-state index in [4.69, 9.17) is 5.73 Å². The van der Waals surface area contributed by atoms with Crippen LogP contribution in [0.25, 0.3) is 0 Å². The zero-order valence-corrected chi connectivity index (χ0v) is 9.95. The first kappa shape index (κ1) is 11.2. The van der Waals surface area contributed by atoms with Gasteiger partial charge in [0.05, 0.1) is 0 Å². The van der Waals surface area contributed by atoms with Gasteiger partial charge in [-0.3, -0.25) is 0 Å². The van der Waals surface area contributed by atoms with Crippen LogP contribution in [0.1, 0.15) is 0 Å². The summed E-state index contributed by atoms with van der Waals surface area (Å²) in [6, 6.07) is 4.32. The van der Waals surface area contributed by atoms with E-state index >= 15 is 0 Å². The van der Waals surface area contributed by atoms with Crippen molar-refractivity contribution in [3.63, 3.8) is 0 Å². The maximum Gasteiger partial charge on any atom is 1.00 e. The van der Waals surface area contributed by atoms with Gasteiger partial charge in [0.2, 0.25) is 0 Å². The van der Waals surface area contributed by atoms with E-state index in [9.17, 15) is 8.85 Å². The van der Waals surface area contributed by atoms with Crippen molar-refractivity contribution in [3.05, 3.63) is 18.2 Å².